The maximum atomic E-state index is 10.5. The van der Waals surface area contributed by atoms with Crippen LogP contribution in [0.5, 0.6) is 0 Å². The standard InChI is InChI=1S/C12H8ClNO2/c13-11-6-12(16-8-9(11)7-15)14-10-4-2-1-3-5-10/h1-8H. The van der Waals surface area contributed by atoms with Gasteiger partial charge < -0.3 is 4.42 Å². The smallest absolute Gasteiger partial charge is 0.220 e. The molecule has 16 heavy (non-hydrogen) atoms. The third-order valence-corrected chi connectivity index (χ3v) is 2.28. The second-order valence-corrected chi connectivity index (χ2v) is 3.49. The molecule has 1 aromatic carbocycles. The average molecular weight is 234 g/mol. The Morgan fingerprint density at radius 1 is 1.25 bits per heavy atom. The highest BCUT2D eigenvalue weighted by Crippen LogP contribution is 2.12. The van der Waals surface area contributed by atoms with Crippen LogP contribution in [0, 0.1) is 0 Å². The van der Waals surface area contributed by atoms with Crippen LogP contribution in [0.4, 0.5) is 5.69 Å². The summed E-state index contributed by atoms with van der Waals surface area (Å²) in [5.41, 5.74) is 1.44. The molecule has 0 spiro atoms. The highest BCUT2D eigenvalue weighted by Gasteiger charge is 1.99. The Labute approximate surface area is 97.0 Å². The molecule has 80 valence electrons. The van der Waals surface area contributed by atoms with Crippen molar-refractivity contribution < 1.29 is 9.21 Å². The number of carbonyl (C=O) groups is 1. The van der Waals surface area contributed by atoms with Gasteiger partial charge >= 0.3 is 0 Å². The van der Waals surface area contributed by atoms with E-state index in [2.05, 4.69) is 4.99 Å². The normalized spacial score (nSPS) is 11.4. The van der Waals surface area contributed by atoms with Gasteiger partial charge in [-0.1, -0.05) is 29.8 Å². The zero-order chi connectivity index (χ0) is 11.4. The van der Waals surface area contributed by atoms with Gasteiger partial charge in [-0.3, -0.25) is 4.79 Å². The minimum atomic E-state index is 0.314. The number of hydrogen-bond acceptors (Lipinski definition) is 3. The molecule has 0 bridgehead atoms. The molecular weight excluding hydrogens is 226 g/mol. The predicted octanol–water partition coefficient (Wildman–Crippen LogP) is 2.98. The fraction of sp³-hybridized carbons (Fsp3) is 0. The van der Waals surface area contributed by atoms with Crippen LogP contribution in [0.2, 0.25) is 5.02 Å². The molecule has 0 fully saturated rings. The van der Waals surface area contributed by atoms with E-state index in [4.69, 9.17) is 16.0 Å². The van der Waals surface area contributed by atoms with Gasteiger partial charge in [0.15, 0.2) is 6.29 Å². The monoisotopic (exact) mass is 233 g/mol. The van der Waals surface area contributed by atoms with Gasteiger partial charge in [0.05, 0.1) is 16.3 Å². The van der Waals surface area contributed by atoms with Crippen molar-refractivity contribution in [1.82, 2.24) is 0 Å². The molecule has 0 aliphatic carbocycles. The Balaban J connectivity index is 2.46. The molecule has 2 aromatic rings. The first-order valence-electron chi connectivity index (χ1n) is 4.63. The lowest BCUT2D eigenvalue weighted by molar-refractivity contribution is 0.112. The van der Waals surface area contributed by atoms with Crippen LogP contribution in [0.1, 0.15) is 10.4 Å². The fourth-order valence-corrected chi connectivity index (χ4v) is 1.36. The van der Waals surface area contributed by atoms with Gasteiger partial charge in [0.2, 0.25) is 5.55 Å². The lowest BCUT2D eigenvalue weighted by atomic mass is 10.3. The van der Waals surface area contributed by atoms with Crippen LogP contribution in [0.25, 0.3) is 0 Å². The summed E-state index contributed by atoms with van der Waals surface area (Å²) in [7, 11) is 0. The molecule has 0 aliphatic heterocycles. The van der Waals surface area contributed by atoms with Crippen LogP contribution in [0.15, 0.2) is 52.1 Å². The maximum absolute atomic E-state index is 10.5. The highest BCUT2D eigenvalue weighted by atomic mass is 35.5. The predicted molar refractivity (Wildman–Crippen MR) is 60.8 cm³/mol. The van der Waals surface area contributed by atoms with Crippen molar-refractivity contribution >= 4 is 23.6 Å². The Morgan fingerprint density at radius 3 is 2.62 bits per heavy atom. The Bertz CT molecular complexity index is 561. The van der Waals surface area contributed by atoms with Crippen LogP contribution in [-0.4, -0.2) is 6.29 Å². The Morgan fingerprint density at radius 2 is 2.00 bits per heavy atom. The second kappa shape index (κ2) is 4.77. The topological polar surface area (TPSA) is 42.6 Å². The summed E-state index contributed by atoms with van der Waals surface area (Å²) < 4.78 is 5.15. The molecule has 0 aliphatic rings. The summed E-state index contributed by atoms with van der Waals surface area (Å²) in [5, 5.41) is 0.330. The van der Waals surface area contributed by atoms with Crippen molar-refractivity contribution in [2.75, 3.05) is 0 Å². The SMILES string of the molecule is O=Cc1coc(=Nc2ccccc2)cc1Cl. The van der Waals surface area contributed by atoms with Crippen molar-refractivity contribution in [3.63, 3.8) is 0 Å². The van der Waals surface area contributed by atoms with Gasteiger partial charge in [0, 0.05) is 6.07 Å². The summed E-state index contributed by atoms with van der Waals surface area (Å²) in [4.78, 5) is 14.7. The lowest BCUT2D eigenvalue weighted by Gasteiger charge is -1.94. The minimum Gasteiger partial charge on any atom is -0.446 e. The number of rotatable bonds is 2. The second-order valence-electron chi connectivity index (χ2n) is 3.09. The van der Waals surface area contributed by atoms with Gasteiger partial charge in [-0.15, -0.1) is 0 Å². The number of benzene rings is 1. The van der Waals surface area contributed by atoms with Crippen molar-refractivity contribution in [2.24, 2.45) is 4.99 Å². The quantitative estimate of drug-likeness (QED) is 0.749. The molecule has 0 radical (unpaired) electrons. The number of aldehydes is 1. The number of para-hydroxylation sites is 1. The first kappa shape index (κ1) is 10.6. The largest absolute Gasteiger partial charge is 0.446 e. The highest BCUT2D eigenvalue weighted by molar-refractivity contribution is 6.32. The number of hydrogen-bond donors (Lipinski definition) is 0. The fourth-order valence-electron chi connectivity index (χ4n) is 1.18. The van der Waals surface area contributed by atoms with E-state index in [1.807, 2.05) is 30.3 Å². The third kappa shape index (κ3) is 2.38. The summed E-state index contributed by atoms with van der Waals surface area (Å²) in [6.07, 6.45) is 1.93. The van der Waals surface area contributed by atoms with E-state index in [1.54, 1.807) is 0 Å². The van der Waals surface area contributed by atoms with Gasteiger partial charge in [-0.25, -0.2) is 4.99 Å². The molecular formula is C12H8ClNO2. The summed E-state index contributed by atoms with van der Waals surface area (Å²) >= 11 is 5.84. The Hall–Kier alpha value is -1.87. The zero-order valence-electron chi connectivity index (χ0n) is 8.26. The molecule has 0 unspecified atom stereocenters. The number of nitrogens with zero attached hydrogens (tertiary/aromatic N) is 1. The molecule has 2 rings (SSSR count). The molecule has 1 aromatic heterocycles. The van der Waals surface area contributed by atoms with E-state index >= 15 is 0 Å². The van der Waals surface area contributed by atoms with Crippen molar-refractivity contribution in [3.05, 3.63) is 58.8 Å². The van der Waals surface area contributed by atoms with Gasteiger partial charge in [0.25, 0.3) is 0 Å². The molecule has 0 atom stereocenters. The van der Waals surface area contributed by atoms with E-state index in [0.29, 0.717) is 22.4 Å². The number of halogens is 1. The molecule has 0 saturated heterocycles. The molecule has 1 heterocycles. The molecule has 4 heteroatoms. The van der Waals surface area contributed by atoms with Crippen LogP contribution in [-0.2, 0) is 0 Å². The van der Waals surface area contributed by atoms with Crippen molar-refractivity contribution in [1.29, 1.82) is 0 Å². The van der Waals surface area contributed by atoms with E-state index in [1.165, 1.54) is 12.3 Å². The maximum Gasteiger partial charge on any atom is 0.220 e. The average Bonchev–Trinajstić information content (AvgIpc) is 2.31. The van der Waals surface area contributed by atoms with Gasteiger partial charge in [0.1, 0.15) is 6.26 Å². The molecule has 0 N–H and O–H groups in total. The van der Waals surface area contributed by atoms with E-state index < -0.39 is 0 Å². The summed E-state index contributed by atoms with van der Waals surface area (Å²) in [5.74, 6) is 0. The zero-order valence-corrected chi connectivity index (χ0v) is 9.02. The molecule has 3 nitrogen and oxygen atoms in total. The van der Waals surface area contributed by atoms with E-state index in [-0.39, 0.29) is 0 Å². The third-order valence-electron chi connectivity index (χ3n) is 1.96. The summed E-state index contributed by atoms with van der Waals surface area (Å²) in [6, 6.07) is 10.9. The van der Waals surface area contributed by atoms with Gasteiger partial charge in [-0.05, 0) is 12.1 Å². The van der Waals surface area contributed by atoms with Gasteiger partial charge in [-0.2, -0.15) is 0 Å². The van der Waals surface area contributed by atoms with E-state index in [0.717, 1.165) is 5.69 Å². The van der Waals surface area contributed by atoms with Crippen molar-refractivity contribution in [3.8, 4) is 0 Å². The molecule has 0 saturated carbocycles. The summed E-state index contributed by atoms with van der Waals surface area (Å²) in [6.45, 7) is 0. The molecule has 0 amide bonds. The van der Waals surface area contributed by atoms with E-state index in [9.17, 15) is 4.79 Å². The van der Waals surface area contributed by atoms with Crippen molar-refractivity contribution in [2.45, 2.75) is 0 Å². The first-order valence-corrected chi connectivity index (χ1v) is 5.01. The first-order chi connectivity index (χ1) is 7.79. The van der Waals surface area contributed by atoms with Crippen LogP contribution in [0.3, 0.4) is 0 Å². The van der Waals surface area contributed by atoms with Crippen LogP contribution >= 0.6 is 11.6 Å². The minimum absolute atomic E-state index is 0.314. The lowest BCUT2D eigenvalue weighted by Crippen LogP contribution is -2.00. The van der Waals surface area contributed by atoms with Crippen LogP contribution < -0.4 is 5.55 Å². The number of carbonyl (C=O) groups excluding carboxylic acids is 1. The Kier molecular flexibility index (Phi) is 3.17.